The molecular formula is C14H17FN2O. The van der Waals surface area contributed by atoms with Gasteiger partial charge in [0.05, 0.1) is 5.69 Å². The van der Waals surface area contributed by atoms with Crippen LogP contribution in [0.15, 0.2) is 34.9 Å². The highest BCUT2D eigenvalue weighted by molar-refractivity contribution is 5.19. The lowest BCUT2D eigenvalue weighted by Gasteiger charge is -2.24. The zero-order chi connectivity index (χ0) is 13.1. The predicted octanol–water partition coefficient (Wildman–Crippen LogP) is 3.32. The smallest absolute Gasteiger partial charge is 0.133 e. The highest BCUT2D eigenvalue weighted by atomic mass is 19.1. The Morgan fingerprint density at radius 3 is 2.56 bits per heavy atom. The van der Waals surface area contributed by atoms with Gasteiger partial charge in [-0.2, -0.15) is 0 Å². The minimum Gasteiger partial charge on any atom is -0.361 e. The van der Waals surface area contributed by atoms with Gasteiger partial charge in [-0.15, -0.1) is 0 Å². The van der Waals surface area contributed by atoms with E-state index in [0.29, 0.717) is 6.54 Å². The summed E-state index contributed by atoms with van der Waals surface area (Å²) >= 11 is 0. The van der Waals surface area contributed by atoms with E-state index in [0.717, 1.165) is 17.0 Å². The Morgan fingerprint density at radius 2 is 2.00 bits per heavy atom. The number of halogens is 1. The van der Waals surface area contributed by atoms with Gasteiger partial charge in [0.1, 0.15) is 11.6 Å². The van der Waals surface area contributed by atoms with Gasteiger partial charge in [-0.25, -0.2) is 4.39 Å². The molecular weight excluding hydrogens is 231 g/mol. The van der Waals surface area contributed by atoms with E-state index >= 15 is 0 Å². The molecule has 0 amide bonds. The SMILES string of the molecule is Cc1cc(CN(C)C(C)c2ccc(F)cc2)no1. The molecule has 0 fully saturated rings. The van der Waals surface area contributed by atoms with Crippen LogP contribution in [0.1, 0.15) is 30.0 Å². The lowest BCUT2D eigenvalue weighted by atomic mass is 10.1. The number of aromatic nitrogens is 1. The Labute approximate surface area is 106 Å². The second kappa shape index (κ2) is 5.31. The molecule has 4 heteroatoms. The summed E-state index contributed by atoms with van der Waals surface area (Å²) in [6, 6.07) is 8.71. The van der Waals surface area contributed by atoms with Crippen molar-refractivity contribution in [2.75, 3.05) is 7.05 Å². The normalized spacial score (nSPS) is 12.9. The van der Waals surface area contributed by atoms with Crippen LogP contribution in [0, 0.1) is 12.7 Å². The topological polar surface area (TPSA) is 29.3 Å². The van der Waals surface area contributed by atoms with Crippen LogP contribution in [0.4, 0.5) is 4.39 Å². The summed E-state index contributed by atoms with van der Waals surface area (Å²) in [6.07, 6.45) is 0. The summed E-state index contributed by atoms with van der Waals surface area (Å²) in [5.41, 5.74) is 1.99. The van der Waals surface area contributed by atoms with Crippen molar-refractivity contribution in [2.45, 2.75) is 26.4 Å². The molecule has 1 aromatic carbocycles. The van der Waals surface area contributed by atoms with Crippen molar-refractivity contribution in [1.29, 1.82) is 0 Å². The Balaban J connectivity index is 2.04. The van der Waals surface area contributed by atoms with E-state index in [1.807, 2.05) is 32.2 Å². The summed E-state index contributed by atoms with van der Waals surface area (Å²) in [6.45, 7) is 4.66. The van der Waals surface area contributed by atoms with Crippen LogP contribution in [0.25, 0.3) is 0 Å². The molecule has 0 aliphatic heterocycles. The third kappa shape index (κ3) is 2.96. The van der Waals surface area contributed by atoms with Gasteiger partial charge >= 0.3 is 0 Å². The number of benzene rings is 1. The monoisotopic (exact) mass is 248 g/mol. The molecule has 2 aromatic rings. The summed E-state index contributed by atoms with van der Waals surface area (Å²) in [4.78, 5) is 2.14. The maximum absolute atomic E-state index is 12.9. The highest BCUT2D eigenvalue weighted by Gasteiger charge is 2.13. The Bertz CT molecular complexity index is 507. The molecule has 0 saturated carbocycles. The van der Waals surface area contributed by atoms with Crippen molar-refractivity contribution in [1.82, 2.24) is 10.1 Å². The fraction of sp³-hybridized carbons (Fsp3) is 0.357. The van der Waals surface area contributed by atoms with E-state index in [1.54, 1.807) is 0 Å². The summed E-state index contributed by atoms with van der Waals surface area (Å²) in [7, 11) is 2.01. The predicted molar refractivity (Wildman–Crippen MR) is 67.5 cm³/mol. The van der Waals surface area contributed by atoms with Crippen LogP contribution in [0.2, 0.25) is 0 Å². The first-order chi connectivity index (χ1) is 8.56. The van der Waals surface area contributed by atoms with Gasteiger partial charge < -0.3 is 4.52 Å². The van der Waals surface area contributed by atoms with Crippen molar-refractivity contribution in [3.8, 4) is 0 Å². The molecule has 1 unspecified atom stereocenters. The number of hydrogen-bond donors (Lipinski definition) is 0. The maximum Gasteiger partial charge on any atom is 0.133 e. The van der Waals surface area contributed by atoms with Gasteiger partial charge in [-0.1, -0.05) is 17.3 Å². The van der Waals surface area contributed by atoms with E-state index in [1.165, 1.54) is 12.1 Å². The highest BCUT2D eigenvalue weighted by Crippen LogP contribution is 2.20. The summed E-state index contributed by atoms with van der Waals surface area (Å²) < 4.78 is 17.9. The molecule has 2 rings (SSSR count). The fourth-order valence-corrected chi connectivity index (χ4v) is 1.88. The first kappa shape index (κ1) is 12.8. The van der Waals surface area contributed by atoms with Crippen molar-refractivity contribution in [3.05, 3.63) is 53.2 Å². The molecule has 1 atom stereocenters. The Kier molecular flexibility index (Phi) is 3.77. The molecule has 0 aliphatic carbocycles. The maximum atomic E-state index is 12.9. The molecule has 0 aliphatic rings. The molecule has 0 saturated heterocycles. The lowest BCUT2D eigenvalue weighted by molar-refractivity contribution is 0.244. The Morgan fingerprint density at radius 1 is 1.33 bits per heavy atom. The quantitative estimate of drug-likeness (QED) is 0.831. The molecule has 18 heavy (non-hydrogen) atoms. The van der Waals surface area contributed by atoms with Gasteiger partial charge in [0, 0.05) is 18.7 Å². The van der Waals surface area contributed by atoms with E-state index in [4.69, 9.17) is 4.52 Å². The number of aryl methyl sites for hydroxylation is 1. The van der Waals surface area contributed by atoms with Crippen LogP contribution in [-0.2, 0) is 6.54 Å². The largest absolute Gasteiger partial charge is 0.361 e. The van der Waals surface area contributed by atoms with E-state index in [9.17, 15) is 4.39 Å². The van der Waals surface area contributed by atoms with Crippen LogP contribution >= 0.6 is 0 Å². The molecule has 3 nitrogen and oxygen atoms in total. The minimum atomic E-state index is -0.208. The molecule has 0 spiro atoms. The summed E-state index contributed by atoms with van der Waals surface area (Å²) in [5.74, 6) is 0.605. The number of nitrogens with zero attached hydrogens (tertiary/aromatic N) is 2. The molecule has 0 N–H and O–H groups in total. The van der Waals surface area contributed by atoms with Crippen molar-refractivity contribution >= 4 is 0 Å². The standard InChI is InChI=1S/C14H17FN2O/c1-10-8-14(16-18-10)9-17(3)11(2)12-4-6-13(15)7-5-12/h4-8,11H,9H2,1-3H3. The molecule has 96 valence electrons. The van der Waals surface area contributed by atoms with E-state index < -0.39 is 0 Å². The zero-order valence-electron chi connectivity index (χ0n) is 10.9. The van der Waals surface area contributed by atoms with Crippen molar-refractivity contribution < 1.29 is 8.91 Å². The fourth-order valence-electron chi connectivity index (χ4n) is 1.88. The Hall–Kier alpha value is -1.68. The van der Waals surface area contributed by atoms with Crippen LogP contribution in [-0.4, -0.2) is 17.1 Å². The first-order valence-corrected chi connectivity index (χ1v) is 5.94. The zero-order valence-corrected chi connectivity index (χ0v) is 10.9. The molecule has 1 heterocycles. The lowest BCUT2D eigenvalue weighted by Crippen LogP contribution is -2.22. The third-order valence-electron chi connectivity index (χ3n) is 3.10. The first-order valence-electron chi connectivity index (χ1n) is 5.94. The number of rotatable bonds is 4. The van der Waals surface area contributed by atoms with Crippen molar-refractivity contribution in [2.24, 2.45) is 0 Å². The van der Waals surface area contributed by atoms with Gasteiger partial charge in [0.15, 0.2) is 0 Å². The van der Waals surface area contributed by atoms with E-state index in [-0.39, 0.29) is 11.9 Å². The van der Waals surface area contributed by atoms with Gasteiger partial charge in [-0.05, 0) is 38.6 Å². The minimum absolute atomic E-state index is 0.197. The van der Waals surface area contributed by atoms with Gasteiger partial charge in [0.2, 0.25) is 0 Å². The van der Waals surface area contributed by atoms with E-state index in [2.05, 4.69) is 17.0 Å². The molecule has 1 aromatic heterocycles. The third-order valence-corrected chi connectivity index (χ3v) is 3.10. The summed E-state index contributed by atoms with van der Waals surface area (Å²) in [5, 5.41) is 3.97. The van der Waals surface area contributed by atoms with Crippen molar-refractivity contribution in [3.63, 3.8) is 0 Å². The van der Waals surface area contributed by atoms with Gasteiger partial charge in [0.25, 0.3) is 0 Å². The molecule has 0 radical (unpaired) electrons. The second-order valence-electron chi connectivity index (χ2n) is 4.57. The second-order valence-corrected chi connectivity index (χ2v) is 4.57. The van der Waals surface area contributed by atoms with Gasteiger partial charge in [-0.3, -0.25) is 4.90 Å². The average molecular weight is 248 g/mol. The molecule has 0 bridgehead atoms. The van der Waals surface area contributed by atoms with Crippen LogP contribution < -0.4 is 0 Å². The number of hydrogen-bond acceptors (Lipinski definition) is 3. The average Bonchev–Trinajstić information content (AvgIpc) is 2.75. The van der Waals surface area contributed by atoms with Crippen LogP contribution in [0.5, 0.6) is 0 Å². The van der Waals surface area contributed by atoms with Crippen LogP contribution in [0.3, 0.4) is 0 Å².